The van der Waals surface area contributed by atoms with Gasteiger partial charge in [-0.2, -0.15) is 8.78 Å². The molecule has 152 valence electrons. The van der Waals surface area contributed by atoms with Gasteiger partial charge in [0.25, 0.3) is 0 Å². The molecule has 0 radical (unpaired) electrons. The molecule has 0 amide bonds. The van der Waals surface area contributed by atoms with Crippen LogP contribution in [0.2, 0.25) is 0 Å². The Morgan fingerprint density at radius 2 is 1.93 bits per heavy atom. The number of hydrogen-bond acceptors (Lipinski definition) is 5. The molecule has 1 N–H and O–H groups in total. The molecule has 4 nitrogen and oxygen atoms in total. The van der Waals surface area contributed by atoms with Crippen LogP contribution in [0.25, 0.3) is 0 Å². The van der Waals surface area contributed by atoms with Crippen LogP contribution in [0, 0.1) is 5.92 Å². The van der Waals surface area contributed by atoms with Gasteiger partial charge in [-0.3, -0.25) is 0 Å². The molecule has 0 aliphatic carbocycles. The van der Waals surface area contributed by atoms with Gasteiger partial charge in [-0.15, -0.1) is 11.8 Å². The van der Waals surface area contributed by atoms with Crippen molar-refractivity contribution in [3.8, 4) is 5.75 Å². The predicted molar refractivity (Wildman–Crippen MR) is 108 cm³/mol. The molecular weight excluding hydrogens is 404 g/mol. The maximum atomic E-state index is 15.2. The van der Waals surface area contributed by atoms with Crippen LogP contribution in [0.3, 0.4) is 0 Å². The number of phenols is 1. The molecule has 1 aliphatic heterocycles. The van der Waals surface area contributed by atoms with E-state index < -0.39 is 25.9 Å². The van der Waals surface area contributed by atoms with Crippen LogP contribution < -0.4 is 4.90 Å². The van der Waals surface area contributed by atoms with E-state index in [2.05, 4.69) is 0 Å². The van der Waals surface area contributed by atoms with E-state index >= 15 is 8.78 Å². The maximum absolute atomic E-state index is 15.2. The summed E-state index contributed by atoms with van der Waals surface area (Å²) in [5.41, 5.74) is 0.808. The number of anilines is 2. The fraction of sp³-hybridized carbons (Fsp3) is 0.400. The summed E-state index contributed by atoms with van der Waals surface area (Å²) in [4.78, 5) is 1.54. The maximum Gasteiger partial charge on any atom is 0.354 e. The molecule has 1 unspecified atom stereocenters. The highest BCUT2D eigenvalue weighted by molar-refractivity contribution is 7.98. The molecule has 1 atom stereocenters. The van der Waals surface area contributed by atoms with Crippen molar-refractivity contribution in [3.63, 3.8) is 0 Å². The van der Waals surface area contributed by atoms with E-state index in [0.29, 0.717) is 23.4 Å². The number of para-hydroxylation sites is 1. The van der Waals surface area contributed by atoms with Crippen molar-refractivity contribution in [1.29, 1.82) is 0 Å². The highest BCUT2D eigenvalue weighted by Crippen LogP contribution is 2.49. The molecule has 0 saturated carbocycles. The number of nitrogens with zero attached hydrogens (tertiary/aromatic N) is 1. The molecule has 2 aromatic carbocycles. The van der Waals surface area contributed by atoms with Crippen molar-refractivity contribution in [2.75, 3.05) is 17.7 Å². The normalized spacial score (nSPS) is 20.4. The Balaban J connectivity index is 2.29. The monoisotopic (exact) mass is 427 g/mol. The van der Waals surface area contributed by atoms with Crippen LogP contribution in [0.4, 0.5) is 20.2 Å². The lowest BCUT2D eigenvalue weighted by Gasteiger charge is -2.29. The Morgan fingerprint density at radius 3 is 2.54 bits per heavy atom. The summed E-state index contributed by atoms with van der Waals surface area (Å²) >= 11 is 1.23. The highest BCUT2D eigenvalue weighted by atomic mass is 32.2. The van der Waals surface area contributed by atoms with Gasteiger partial charge >= 0.3 is 5.25 Å². The van der Waals surface area contributed by atoms with Gasteiger partial charge < -0.3 is 10.0 Å². The molecule has 0 bridgehead atoms. The van der Waals surface area contributed by atoms with E-state index in [1.165, 1.54) is 17.8 Å². The number of unbranched alkanes of at least 4 members (excludes halogenated alkanes) is 1. The molecular formula is C20H23F2NO3S2. The summed E-state index contributed by atoms with van der Waals surface area (Å²) < 4.78 is 56.3. The number of phenolic OH excluding ortho intramolecular Hbond substituents is 1. The van der Waals surface area contributed by atoms with Gasteiger partial charge in [-0.1, -0.05) is 38.0 Å². The lowest BCUT2D eigenvalue weighted by molar-refractivity contribution is 0.0264. The van der Waals surface area contributed by atoms with Crippen molar-refractivity contribution in [2.24, 2.45) is 5.92 Å². The minimum atomic E-state index is -4.97. The molecule has 0 saturated heterocycles. The van der Waals surface area contributed by atoms with E-state index in [0.717, 1.165) is 6.07 Å². The van der Waals surface area contributed by atoms with Gasteiger partial charge in [-0.05, 0) is 30.9 Å². The Hall–Kier alpha value is -1.80. The van der Waals surface area contributed by atoms with Crippen molar-refractivity contribution < 1.29 is 22.3 Å². The third kappa shape index (κ3) is 3.48. The molecule has 28 heavy (non-hydrogen) atoms. The summed E-state index contributed by atoms with van der Waals surface area (Å²) in [6.45, 7) is 1.76. The van der Waals surface area contributed by atoms with Crippen molar-refractivity contribution in [2.45, 2.75) is 41.2 Å². The number of benzene rings is 2. The summed E-state index contributed by atoms with van der Waals surface area (Å²) in [5.74, 6) is -1.67. The summed E-state index contributed by atoms with van der Waals surface area (Å²) in [5, 5.41) is 6.25. The zero-order valence-corrected chi connectivity index (χ0v) is 17.4. The molecule has 0 spiro atoms. The van der Waals surface area contributed by atoms with Crippen LogP contribution >= 0.6 is 11.8 Å². The highest BCUT2D eigenvalue weighted by Gasteiger charge is 2.56. The first-order chi connectivity index (χ1) is 13.2. The van der Waals surface area contributed by atoms with E-state index in [1.807, 2.05) is 13.0 Å². The fourth-order valence-electron chi connectivity index (χ4n) is 3.48. The smallest absolute Gasteiger partial charge is 0.354 e. The van der Waals surface area contributed by atoms with Crippen LogP contribution in [0.1, 0.15) is 26.2 Å². The molecule has 8 heteroatoms. The minimum Gasteiger partial charge on any atom is -0.507 e. The lowest BCUT2D eigenvalue weighted by Crippen LogP contribution is -2.40. The number of alkyl halides is 2. The number of hydrogen-bond donors (Lipinski definition) is 1. The SMILES string of the molecule is CCCCC1CN(c2ccccc2)c2cc(SC)c(O)cc2S(=O)(=O)C1(F)F. The fourth-order valence-corrected chi connectivity index (χ4v) is 5.61. The topological polar surface area (TPSA) is 57.6 Å². The summed E-state index contributed by atoms with van der Waals surface area (Å²) in [6, 6.07) is 11.4. The van der Waals surface area contributed by atoms with Crippen LogP contribution in [0.5, 0.6) is 5.75 Å². The Morgan fingerprint density at radius 1 is 1.25 bits per heavy atom. The van der Waals surface area contributed by atoms with E-state index in [1.54, 1.807) is 35.4 Å². The Bertz CT molecular complexity index is 949. The Labute approximate surface area is 168 Å². The number of thioether (sulfide) groups is 1. The van der Waals surface area contributed by atoms with Gasteiger partial charge in [0.05, 0.1) is 16.5 Å². The molecule has 3 rings (SSSR count). The minimum absolute atomic E-state index is 0.0986. The standard InChI is InChI=1S/C20H23F2NO3S2/c1-3-4-8-14-13-23(15-9-6-5-7-10-15)16-11-18(27-2)17(24)12-19(16)28(25,26)20(14,21)22/h5-7,9-12,14,24H,3-4,8,13H2,1-2H3. The quantitative estimate of drug-likeness (QED) is 0.644. The van der Waals surface area contributed by atoms with Gasteiger partial charge in [0.1, 0.15) is 10.6 Å². The second kappa shape index (κ2) is 7.91. The van der Waals surface area contributed by atoms with Gasteiger partial charge in [-0.25, -0.2) is 8.42 Å². The second-order valence-corrected chi connectivity index (χ2v) is 9.68. The lowest BCUT2D eigenvalue weighted by atomic mass is 10.0. The van der Waals surface area contributed by atoms with Crippen molar-refractivity contribution >= 4 is 33.0 Å². The van der Waals surface area contributed by atoms with Gasteiger partial charge in [0.15, 0.2) is 0 Å². The third-order valence-corrected chi connectivity index (χ3v) is 7.77. The van der Waals surface area contributed by atoms with Gasteiger partial charge in [0, 0.05) is 18.3 Å². The summed E-state index contributed by atoms with van der Waals surface area (Å²) in [6.07, 6.45) is 3.04. The number of sulfone groups is 1. The van der Waals surface area contributed by atoms with Gasteiger partial charge in [0.2, 0.25) is 9.84 Å². The van der Waals surface area contributed by atoms with E-state index in [4.69, 9.17) is 0 Å². The third-order valence-electron chi connectivity index (χ3n) is 5.05. The zero-order chi connectivity index (χ0) is 20.5. The molecule has 0 fully saturated rings. The van der Waals surface area contributed by atoms with Crippen molar-refractivity contribution in [1.82, 2.24) is 0 Å². The second-order valence-electron chi connectivity index (χ2n) is 6.84. The first kappa shape index (κ1) is 20.9. The molecule has 1 heterocycles. The van der Waals surface area contributed by atoms with E-state index in [-0.39, 0.29) is 24.4 Å². The first-order valence-electron chi connectivity index (χ1n) is 9.10. The van der Waals surface area contributed by atoms with Crippen molar-refractivity contribution in [3.05, 3.63) is 42.5 Å². The average Bonchev–Trinajstić information content (AvgIpc) is 2.73. The van der Waals surface area contributed by atoms with Crippen LogP contribution in [-0.2, 0) is 9.84 Å². The average molecular weight is 428 g/mol. The summed E-state index contributed by atoms with van der Waals surface area (Å²) in [7, 11) is -4.97. The van der Waals surface area contributed by atoms with Crippen LogP contribution in [-0.4, -0.2) is 31.6 Å². The number of halogens is 2. The van der Waals surface area contributed by atoms with E-state index in [9.17, 15) is 13.5 Å². The first-order valence-corrected chi connectivity index (χ1v) is 11.8. The predicted octanol–water partition coefficient (Wildman–Crippen LogP) is 5.44. The number of rotatable bonds is 5. The van der Waals surface area contributed by atoms with Crippen LogP contribution in [0.15, 0.2) is 52.3 Å². The Kier molecular flexibility index (Phi) is 5.91. The zero-order valence-electron chi connectivity index (χ0n) is 15.7. The number of fused-ring (bicyclic) bond motifs is 1. The molecule has 0 aromatic heterocycles. The largest absolute Gasteiger partial charge is 0.507 e. The number of aromatic hydroxyl groups is 1. The molecule has 1 aliphatic rings. The molecule has 2 aromatic rings.